The van der Waals surface area contributed by atoms with Gasteiger partial charge in [-0.2, -0.15) is 11.8 Å². The Morgan fingerprint density at radius 2 is 1.80 bits per heavy atom. The quantitative estimate of drug-likeness (QED) is 0.751. The first kappa shape index (κ1) is 17.5. The fraction of sp³-hybridized carbons (Fsp3) is 0.647. The van der Waals surface area contributed by atoms with Gasteiger partial charge in [-0.15, -0.1) is 0 Å². The van der Waals surface area contributed by atoms with E-state index in [1.54, 1.807) is 0 Å². The Morgan fingerprint density at radius 3 is 2.40 bits per heavy atom. The van der Waals surface area contributed by atoms with E-state index in [1.807, 2.05) is 11.8 Å². The Morgan fingerprint density at radius 1 is 1.15 bits per heavy atom. The van der Waals surface area contributed by atoms with Crippen LogP contribution in [0.15, 0.2) is 24.3 Å². The van der Waals surface area contributed by atoms with E-state index in [2.05, 4.69) is 68.6 Å². The first-order valence-electron chi connectivity index (χ1n) is 7.54. The largest absolute Gasteiger partial charge is 0.314 e. The molecular formula is C17H30N2S. The first-order chi connectivity index (χ1) is 9.54. The fourth-order valence-corrected chi connectivity index (χ4v) is 2.98. The Balaban J connectivity index is 2.60. The van der Waals surface area contributed by atoms with Gasteiger partial charge in [-0.1, -0.05) is 38.1 Å². The summed E-state index contributed by atoms with van der Waals surface area (Å²) < 4.78 is 0. The highest BCUT2D eigenvalue weighted by molar-refractivity contribution is 7.98. The van der Waals surface area contributed by atoms with Gasteiger partial charge in [-0.05, 0) is 44.3 Å². The minimum Gasteiger partial charge on any atom is -0.314 e. The fourth-order valence-electron chi connectivity index (χ4n) is 2.24. The number of benzene rings is 1. The SMILES string of the molecule is CSCC(C)N(C)Cc1ccccc1CCNC(C)C. The second kappa shape index (κ2) is 9.43. The van der Waals surface area contributed by atoms with Gasteiger partial charge in [0.25, 0.3) is 0 Å². The molecule has 1 unspecified atom stereocenters. The standard InChI is InChI=1S/C17H30N2S/c1-14(2)18-11-10-16-8-6-7-9-17(16)12-19(4)15(3)13-20-5/h6-9,14-15,18H,10-13H2,1-5H3. The molecule has 1 rings (SSSR count). The molecule has 1 aromatic rings. The molecule has 1 aromatic carbocycles. The van der Waals surface area contributed by atoms with Crippen molar-refractivity contribution in [3.05, 3.63) is 35.4 Å². The monoisotopic (exact) mass is 294 g/mol. The van der Waals surface area contributed by atoms with E-state index in [1.165, 1.54) is 16.9 Å². The van der Waals surface area contributed by atoms with Crippen molar-refractivity contribution in [1.29, 1.82) is 0 Å². The van der Waals surface area contributed by atoms with Gasteiger partial charge < -0.3 is 5.32 Å². The first-order valence-corrected chi connectivity index (χ1v) is 8.93. The molecule has 0 saturated heterocycles. The third-order valence-electron chi connectivity index (χ3n) is 3.65. The molecule has 2 nitrogen and oxygen atoms in total. The van der Waals surface area contributed by atoms with Crippen LogP contribution in [0.5, 0.6) is 0 Å². The van der Waals surface area contributed by atoms with Gasteiger partial charge in [0, 0.05) is 24.4 Å². The number of thioether (sulfide) groups is 1. The van der Waals surface area contributed by atoms with Gasteiger partial charge >= 0.3 is 0 Å². The maximum absolute atomic E-state index is 3.50. The summed E-state index contributed by atoms with van der Waals surface area (Å²) in [5.74, 6) is 1.19. The molecule has 0 radical (unpaired) electrons. The molecule has 0 saturated carbocycles. The Kier molecular flexibility index (Phi) is 8.27. The van der Waals surface area contributed by atoms with Crippen LogP contribution in [-0.2, 0) is 13.0 Å². The van der Waals surface area contributed by atoms with E-state index >= 15 is 0 Å². The van der Waals surface area contributed by atoms with Crippen LogP contribution in [-0.4, -0.2) is 42.6 Å². The summed E-state index contributed by atoms with van der Waals surface area (Å²) in [6.45, 7) is 8.80. The third-order valence-corrected chi connectivity index (χ3v) is 4.46. The van der Waals surface area contributed by atoms with Crippen molar-refractivity contribution >= 4 is 11.8 Å². The average molecular weight is 295 g/mol. The van der Waals surface area contributed by atoms with Gasteiger partial charge in [0.05, 0.1) is 0 Å². The number of nitrogens with zero attached hydrogens (tertiary/aromatic N) is 1. The van der Waals surface area contributed by atoms with Crippen molar-refractivity contribution in [2.75, 3.05) is 25.6 Å². The molecule has 1 N–H and O–H groups in total. The summed E-state index contributed by atoms with van der Waals surface area (Å²) >= 11 is 1.92. The second-order valence-electron chi connectivity index (χ2n) is 5.85. The molecule has 114 valence electrons. The summed E-state index contributed by atoms with van der Waals surface area (Å²) in [6, 6.07) is 10.0. The molecule has 1 atom stereocenters. The molecule has 0 amide bonds. The lowest BCUT2D eigenvalue weighted by atomic mass is 10.0. The van der Waals surface area contributed by atoms with Crippen LogP contribution in [0.4, 0.5) is 0 Å². The molecule has 0 spiro atoms. The maximum atomic E-state index is 3.50. The highest BCUT2D eigenvalue weighted by Gasteiger charge is 2.11. The summed E-state index contributed by atoms with van der Waals surface area (Å²) in [5, 5.41) is 3.50. The molecule has 0 aliphatic carbocycles. The normalized spacial score (nSPS) is 13.2. The highest BCUT2D eigenvalue weighted by atomic mass is 32.2. The van der Waals surface area contributed by atoms with Crippen LogP contribution in [0.1, 0.15) is 31.9 Å². The Labute approximate surface area is 129 Å². The Hall–Kier alpha value is -0.510. The predicted molar refractivity (Wildman–Crippen MR) is 92.6 cm³/mol. The van der Waals surface area contributed by atoms with Crippen LogP contribution in [0.2, 0.25) is 0 Å². The average Bonchev–Trinajstić information content (AvgIpc) is 2.40. The van der Waals surface area contributed by atoms with Crippen LogP contribution < -0.4 is 5.32 Å². The number of hydrogen-bond donors (Lipinski definition) is 1. The zero-order chi connectivity index (χ0) is 15.0. The van der Waals surface area contributed by atoms with E-state index in [4.69, 9.17) is 0 Å². The number of hydrogen-bond acceptors (Lipinski definition) is 3. The molecular weight excluding hydrogens is 264 g/mol. The van der Waals surface area contributed by atoms with Gasteiger partial charge in [0.1, 0.15) is 0 Å². The van der Waals surface area contributed by atoms with Crippen molar-refractivity contribution in [2.45, 2.75) is 45.8 Å². The smallest absolute Gasteiger partial charge is 0.0236 e. The van der Waals surface area contributed by atoms with E-state index < -0.39 is 0 Å². The van der Waals surface area contributed by atoms with Gasteiger partial charge in [0.15, 0.2) is 0 Å². The minimum atomic E-state index is 0.562. The summed E-state index contributed by atoms with van der Waals surface area (Å²) in [7, 11) is 2.23. The lowest BCUT2D eigenvalue weighted by Crippen LogP contribution is -2.31. The van der Waals surface area contributed by atoms with Crippen molar-refractivity contribution < 1.29 is 0 Å². The summed E-state index contributed by atoms with van der Waals surface area (Å²) in [4.78, 5) is 2.45. The maximum Gasteiger partial charge on any atom is 0.0236 e. The van der Waals surface area contributed by atoms with E-state index in [9.17, 15) is 0 Å². The lowest BCUT2D eigenvalue weighted by Gasteiger charge is -2.25. The van der Waals surface area contributed by atoms with Gasteiger partial charge in [-0.25, -0.2) is 0 Å². The molecule has 0 aliphatic heterocycles. The van der Waals surface area contributed by atoms with Crippen molar-refractivity contribution in [3.8, 4) is 0 Å². The van der Waals surface area contributed by atoms with Crippen LogP contribution in [0.3, 0.4) is 0 Å². The molecule has 0 heterocycles. The zero-order valence-electron chi connectivity index (χ0n) is 13.6. The zero-order valence-corrected chi connectivity index (χ0v) is 14.5. The third kappa shape index (κ3) is 6.29. The van der Waals surface area contributed by atoms with Gasteiger partial charge in [-0.3, -0.25) is 4.90 Å². The van der Waals surface area contributed by atoms with Crippen LogP contribution in [0, 0.1) is 0 Å². The van der Waals surface area contributed by atoms with Crippen LogP contribution >= 0.6 is 11.8 Å². The molecule has 0 fully saturated rings. The summed E-state index contributed by atoms with van der Waals surface area (Å²) in [6.07, 6.45) is 3.29. The Bertz CT molecular complexity index is 379. The molecule has 0 bridgehead atoms. The predicted octanol–water partition coefficient (Wildman–Crippen LogP) is 3.41. The molecule has 20 heavy (non-hydrogen) atoms. The van der Waals surface area contributed by atoms with E-state index in [0.29, 0.717) is 12.1 Å². The molecule has 0 aromatic heterocycles. The van der Waals surface area contributed by atoms with Crippen molar-refractivity contribution in [3.63, 3.8) is 0 Å². The van der Waals surface area contributed by atoms with Crippen LogP contribution in [0.25, 0.3) is 0 Å². The van der Waals surface area contributed by atoms with Crippen molar-refractivity contribution in [2.24, 2.45) is 0 Å². The second-order valence-corrected chi connectivity index (χ2v) is 6.76. The minimum absolute atomic E-state index is 0.562. The van der Waals surface area contributed by atoms with E-state index in [0.717, 1.165) is 19.5 Å². The van der Waals surface area contributed by atoms with Gasteiger partial charge in [0.2, 0.25) is 0 Å². The number of nitrogens with one attached hydrogen (secondary N) is 1. The summed E-state index contributed by atoms with van der Waals surface area (Å²) in [5.41, 5.74) is 2.94. The number of rotatable bonds is 9. The molecule has 0 aliphatic rings. The topological polar surface area (TPSA) is 15.3 Å². The molecule has 3 heteroatoms. The van der Waals surface area contributed by atoms with Crippen molar-refractivity contribution in [1.82, 2.24) is 10.2 Å². The van der Waals surface area contributed by atoms with E-state index in [-0.39, 0.29) is 0 Å². The lowest BCUT2D eigenvalue weighted by molar-refractivity contribution is 0.269. The highest BCUT2D eigenvalue weighted by Crippen LogP contribution is 2.14.